The maximum Gasteiger partial charge on any atom is 0.253 e. The Kier molecular flexibility index (Phi) is 2.09. The Morgan fingerprint density at radius 2 is 1.92 bits per heavy atom. The van der Waals surface area contributed by atoms with Gasteiger partial charge in [-0.1, -0.05) is 0 Å². The molecule has 6 nitrogen and oxygen atoms in total. The molecule has 1 fully saturated rings. The molecule has 1 amide bonds. The van der Waals surface area contributed by atoms with Crippen LogP contribution in [0.15, 0.2) is 0 Å². The molecule has 4 atom stereocenters. The average Bonchev–Trinajstić information content (AvgIpc) is 1.97. The molecule has 0 aromatic heterocycles. The van der Waals surface area contributed by atoms with Crippen molar-refractivity contribution in [3.05, 3.63) is 0 Å². The first-order chi connectivity index (χ1) is 5.36. The highest BCUT2D eigenvalue weighted by Crippen LogP contribution is 2.18. The molecule has 0 spiro atoms. The summed E-state index contributed by atoms with van der Waals surface area (Å²) >= 11 is 0. The lowest BCUT2D eigenvalue weighted by molar-refractivity contribution is -0.195. The number of hydrogen-bond donors (Lipinski definition) is 5. The van der Waals surface area contributed by atoms with Crippen LogP contribution in [0.5, 0.6) is 0 Å². The van der Waals surface area contributed by atoms with Gasteiger partial charge in [-0.15, -0.1) is 0 Å². The van der Waals surface area contributed by atoms with Crippen LogP contribution in [-0.2, 0) is 4.79 Å². The summed E-state index contributed by atoms with van der Waals surface area (Å²) in [5, 5.41) is 38.3. The lowest BCUT2D eigenvalue weighted by Gasteiger charge is -2.39. The van der Waals surface area contributed by atoms with Crippen molar-refractivity contribution < 1.29 is 25.2 Å². The number of aliphatic hydroxyl groups is 4. The molecule has 0 aliphatic carbocycles. The molecule has 0 unspecified atom stereocenters. The van der Waals surface area contributed by atoms with E-state index in [9.17, 15) is 9.90 Å². The molecule has 12 heavy (non-hydrogen) atoms. The van der Waals surface area contributed by atoms with E-state index in [1.54, 1.807) is 0 Å². The van der Waals surface area contributed by atoms with Crippen molar-refractivity contribution in [2.45, 2.75) is 31.0 Å². The van der Waals surface area contributed by atoms with E-state index in [-0.39, 0.29) is 0 Å². The first kappa shape index (κ1) is 9.40. The smallest absolute Gasteiger partial charge is 0.253 e. The van der Waals surface area contributed by atoms with Gasteiger partial charge in [0.2, 0.25) is 0 Å². The fraction of sp³-hybridized carbons (Fsp3) is 0.833. The maximum atomic E-state index is 10.8. The molecule has 0 radical (unpaired) electrons. The highest BCUT2D eigenvalue weighted by atomic mass is 16.4. The second-order valence-electron chi connectivity index (χ2n) is 3.02. The highest BCUT2D eigenvalue weighted by Gasteiger charge is 2.47. The van der Waals surface area contributed by atoms with Crippen LogP contribution < -0.4 is 5.32 Å². The molecule has 0 aromatic carbocycles. The van der Waals surface area contributed by atoms with E-state index >= 15 is 0 Å². The minimum Gasteiger partial charge on any atom is -0.387 e. The van der Waals surface area contributed by atoms with Crippen LogP contribution in [0.3, 0.4) is 0 Å². The minimum atomic E-state index is -1.89. The summed E-state index contributed by atoms with van der Waals surface area (Å²) in [5.74, 6) is -0.905. The number of hydrogen-bond acceptors (Lipinski definition) is 5. The van der Waals surface area contributed by atoms with Gasteiger partial charge in [0, 0.05) is 0 Å². The van der Waals surface area contributed by atoms with E-state index in [1.165, 1.54) is 0 Å². The van der Waals surface area contributed by atoms with Crippen molar-refractivity contribution in [3.8, 4) is 0 Å². The number of piperidine rings is 1. The first-order valence-corrected chi connectivity index (χ1v) is 3.45. The fourth-order valence-corrected chi connectivity index (χ4v) is 1.06. The third kappa shape index (κ3) is 1.29. The number of rotatable bonds is 0. The van der Waals surface area contributed by atoms with Crippen LogP contribution >= 0.6 is 0 Å². The van der Waals surface area contributed by atoms with Crippen LogP contribution in [0.4, 0.5) is 0 Å². The number of aliphatic hydroxyl groups excluding tert-OH is 3. The van der Waals surface area contributed by atoms with Crippen LogP contribution in [0.25, 0.3) is 0 Å². The number of amides is 1. The Hall–Kier alpha value is -0.690. The maximum absolute atomic E-state index is 10.8. The quantitative estimate of drug-likeness (QED) is 0.269. The van der Waals surface area contributed by atoms with E-state index in [1.807, 2.05) is 5.32 Å². The monoisotopic (exact) mass is 177 g/mol. The highest BCUT2D eigenvalue weighted by molar-refractivity contribution is 5.83. The summed E-state index contributed by atoms with van der Waals surface area (Å²) in [7, 11) is 0. The summed E-state index contributed by atoms with van der Waals surface area (Å²) in [5.41, 5.74) is -1.89. The van der Waals surface area contributed by atoms with Crippen molar-refractivity contribution >= 4 is 5.91 Å². The third-order valence-corrected chi connectivity index (χ3v) is 1.87. The molecule has 0 bridgehead atoms. The van der Waals surface area contributed by atoms with E-state index in [2.05, 4.69) is 0 Å². The summed E-state index contributed by atoms with van der Waals surface area (Å²) in [6.45, 7) is 1.13. The number of carbonyl (C=O) groups excluding carboxylic acids is 1. The average molecular weight is 177 g/mol. The predicted octanol–water partition coefficient (Wildman–Crippen LogP) is -3.09. The molecular weight excluding hydrogens is 166 g/mol. The number of carbonyl (C=O) groups is 1. The second-order valence-corrected chi connectivity index (χ2v) is 3.02. The SMILES string of the molecule is C[C@@]1(O)NC(=O)[C@H](O)[C@H](O)[C@H]1O. The van der Waals surface area contributed by atoms with E-state index in [0.717, 1.165) is 6.92 Å². The zero-order chi connectivity index (χ0) is 9.52. The first-order valence-electron chi connectivity index (χ1n) is 3.45. The van der Waals surface area contributed by atoms with Gasteiger partial charge in [0.05, 0.1) is 0 Å². The zero-order valence-corrected chi connectivity index (χ0v) is 6.43. The van der Waals surface area contributed by atoms with E-state index in [0.29, 0.717) is 0 Å². The topological polar surface area (TPSA) is 110 Å². The second kappa shape index (κ2) is 2.67. The molecule has 1 rings (SSSR count). The fourth-order valence-electron chi connectivity index (χ4n) is 1.06. The van der Waals surface area contributed by atoms with Crippen molar-refractivity contribution in [1.82, 2.24) is 5.32 Å². The molecule has 1 heterocycles. The molecule has 5 N–H and O–H groups in total. The zero-order valence-electron chi connectivity index (χ0n) is 6.43. The van der Waals surface area contributed by atoms with Crippen molar-refractivity contribution in [2.75, 3.05) is 0 Å². The Balaban J connectivity index is 2.85. The summed E-state index contributed by atoms with van der Waals surface area (Å²) in [6.07, 6.45) is -4.95. The molecule has 0 saturated carbocycles. The Labute approximate surface area is 68.4 Å². The lowest BCUT2D eigenvalue weighted by atomic mass is 9.94. The van der Waals surface area contributed by atoms with Crippen LogP contribution in [0, 0.1) is 0 Å². The number of nitrogens with one attached hydrogen (secondary N) is 1. The van der Waals surface area contributed by atoms with Crippen molar-refractivity contribution in [2.24, 2.45) is 0 Å². The normalized spacial score (nSPS) is 48.8. The molecule has 1 aliphatic rings. The van der Waals surface area contributed by atoms with Gasteiger partial charge in [0.15, 0.2) is 11.8 Å². The standard InChI is InChI=1S/C6H11NO5/c1-6(12)4(10)2(8)3(9)5(11)7-6/h2-4,8-10,12H,1H3,(H,7,11)/t2-,3+,4+,6-/m0/s1. The van der Waals surface area contributed by atoms with Gasteiger partial charge in [0.25, 0.3) is 5.91 Å². The molecule has 70 valence electrons. The third-order valence-electron chi connectivity index (χ3n) is 1.87. The van der Waals surface area contributed by atoms with E-state index in [4.69, 9.17) is 15.3 Å². The van der Waals surface area contributed by atoms with Gasteiger partial charge in [-0.25, -0.2) is 0 Å². The lowest BCUT2D eigenvalue weighted by Crippen LogP contribution is -2.69. The van der Waals surface area contributed by atoms with Crippen molar-refractivity contribution in [3.63, 3.8) is 0 Å². The molecular formula is C6H11NO5. The Morgan fingerprint density at radius 1 is 1.42 bits per heavy atom. The summed E-state index contributed by atoms with van der Waals surface area (Å²) in [4.78, 5) is 10.8. The van der Waals surface area contributed by atoms with Crippen molar-refractivity contribution in [1.29, 1.82) is 0 Å². The van der Waals surface area contributed by atoms with Crippen LogP contribution in [0.2, 0.25) is 0 Å². The van der Waals surface area contributed by atoms with Gasteiger partial charge in [-0.05, 0) is 6.92 Å². The molecule has 0 aromatic rings. The Bertz CT molecular complexity index is 204. The van der Waals surface area contributed by atoms with Crippen LogP contribution in [0.1, 0.15) is 6.92 Å². The summed E-state index contributed by atoms with van der Waals surface area (Å²) in [6, 6.07) is 0. The molecule has 1 saturated heterocycles. The van der Waals surface area contributed by atoms with Gasteiger partial charge in [-0.3, -0.25) is 4.79 Å². The molecule has 1 aliphatic heterocycles. The van der Waals surface area contributed by atoms with Gasteiger partial charge < -0.3 is 25.7 Å². The molecule has 6 heteroatoms. The summed E-state index contributed by atoms with van der Waals surface area (Å²) < 4.78 is 0. The predicted molar refractivity (Wildman–Crippen MR) is 36.8 cm³/mol. The van der Waals surface area contributed by atoms with Gasteiger partial charge in [-0.2, -0.15) is 0 Å². The Morgan fingerprint density at radius 3 is 2.42 bits per heavy atom. The van der Waals surface area contributed by atoms with E-state index < -0.39 is 29.9 Å². The van der Waals surface area contributed by atoms with Gasteiger partial charge >= 0.3 is 0 Å². The van der Waals surface area contributed by atoms with Gasteiger partial charge in [0.1, 0.15) is 12.2 Å². The minimum absolute atomic E-state index is 0.905. The largest absolute Gasteiger partial charge is 0.387 e. The van der Waals surface area contributed by atoms with Crippen LogP contribution in [-0.4, -0.2) is 50.4 Å².